The highest BCUT2D eigenvalue weighted by Crippen LogP contribution is 2.25. The Morgan fingerprint density at radius 3 is 2.12 bits per heavy atom. The summed E-state index contributed by atoms with van der Waals surface area (Å²) in [6.45, 7) is 2.25. The molecule has 1 N–H and O–H groups in total. The summed E-state index contributed by atoms with van der Waals surface area (Å²) in [6.07, 6.45) is 10.3. The van der Waals surface area contributed by atoms with Gasteiger partial charge in [-0.15, -0.1) is 0 Å². The number of aryl methyl sites for hydroxylation is 1. The van der Waals surface area contributed by atoms with Crippen LogP contribution in [0.1, 0.15) is 67.8 Å². The van der Waals surface area contributed by atoms with E-state index in [2.05, 4.69) is 31.2 Å². The van der Waals surface area contributed by atoms with Gasteiger partial charge in [0.05, 0.1) is 5.56 Å². The van der Waals surface area contributed by atoms with Crippen LogP contribution in [-0.2, 0) is 6.42 Å². The average molecular weight is 324 g/mol. The van der Waals surface area contributed by atoms with Gasteiger partial charge in [0.25, 0.3) is 0 Å². The van der Waals surface area contributed by atoms with E-state index in [0.717, 1.165) is 12.0 Å². The first-order valence-corrected chi connectivity index (χ1v) is 9.14. The van der Waals surface area contributed by atoms with Gasteiger partial charge in [-0.25, -0.2) is 4.79 Å². The van der Waals surface area contributed by atoms with Gasteiger partial charge in [-0.05, 0) is 41.7 Å². The van der Waals surface area contributed by atoms with Crippen LogP contribution in [0.5, 0.6) is 0 Å². The van der Waals surface area contributed by atoms with Gasteiger partial charge in [0.2, 0.25) is 0 Å². The number of carboxylic acids is 1. The predicted octanol–water partition coefficient (Wildman–Crippen LogP) is 6.34. The minimum atomic E-state index is -0.877. The molecule has 0 radical (unpaired) electrons. The summed E-state index contributed by atoms with van der Waals surface area (Å²) in [5.74, 6) is -0.877. The Morgan fingerprint density at radius 2 is 1.46 bits per heavy atom. The SMILES string of the molecule is CCCCCCCCCc1ccccc1-c1ccc(C(=O)O)cc1. The van der Waals surface area contributed by atoms with E-state index in [4.69, 9.17) is 5.11 Å². The second kappa shape index (κ2) is 9.92. The Labute approximate surface area is 145 Å². The summed E-state index contributed by atoms with van der Waals surface area (Å²) in [5, 5.41) is 9.02. The van der Waals surface area contributed by atoms with E-state index in [1.165, 1.54) is 56.1 Å². The Kier molecular flexibility index (Phi) is 7.54. The van der Waals surface area contributed by atoms with E-state index >= 15 is 0 Å². The number of carbonyl (C=O) groups is 1. The second-order valence-corrected chi connectivity index (χ2v) is 6.41. The van der Waals surface area contributed by atoms with Gasteiger partial charge in [-0.2, -0.15) is 0 Å². The second-order valence-electron chi connectivity index (χ2n) is 6.41. The van der Waals surface area contributed by atoms with Crippen molar-refractivity contribution in [2.45, 2.75) is 58.3 Å². The summed E-state index contributed by atoms with van der Waals surface area (Å²) >= 11 is 0. The molecule has 0 aliphatic rings. The first-order chi connectivity index (χ1) is 11.7. The molecule has 2 aromatic rings. The quantitative estimate of drug-likeness (QED) is 0.517. The lowest BCUT2D eigenvalue weighted by Gasteiger charge is -2.10. The van der Waals surface area contributed by atoms with Crippen LogP contribution in [0.25, 0.3) is 11.1 Å². The molecule has 0 aliphatic carbocycles. The molecule has 2 heteroatoms. The summed E-state index contributed by atoms with van der Waals surface area (Å²) in [7, 11) is 0. The van der Waals surface area contributed by atoms with Crippen LogP contribution in [0.15, 0.2) is 48.5 Å². The van der Waals surface area contributed by atoms with Gasteiger partial charge < -0.3 is 5.11 Å². The van der Waals surface area contributed by atoms with Crippen LogP contribution in [0.4, 0.5) is 0 Å². The normalized spacial score (nSPS) is 10.7. The zero-order valence-electron chi connectivity index (χ0n) is 14.6. The van der Waals surface area contributed by atoms with Gasteiger partial charge in [0.1, 0.15) is 0 Å². The first-order valence-electron chi connectivity index (χ1n) is 9.14. The lowest BCUT2D eigenvalue weighted by Crippen LogP contribution is -1.96. The lowest BCUT2D eigenvalue weighted by molar-refractivity contribution is 0.0697. The smallest absolute Gasteiger partial charge is 0.335 e. The van der Waals surface area contributed by atoms with Gasteiger partial charge >= 0.3 is 5.97 Å². The molecule has 0 aromatic heterocycles. The highest BCUT2D eigenvalue weighted by molar-refractivity contribution is 5.88. The highest BCUT2D eigenvalue weighted by atomic mass is 16.4. The molecular formula is C22H28O2. The van der Waals surface area contributed by atoms with Crippen LogP contribution in [-0.4, -0.2) is 11.1 Å². The number of hydrogen-bond donors (Lipinski definition) is 1. The Balaban J connectivity index is 1.93. The van der Waals surface area contributed by atoms with E-state index in [9.17, 15) is 4.79 Å². The van der Waals surface area contributed by atoms with Crippen molar-refractivity contribution in [2.75, 3.05) is 0 Å². The van der Waals surface area contributed by atoms with Gasteiger partial charge in [0, 0.05) is 0 Å². The minimum Gasteiger partial charge on any atom is -0.478 e. The molecule has 0 atom stereocenters. The van der Waals surface area contributed by atoms with Crippen molar-refractivity contribution >= 4 is 5.97 Å². The van der Waals surface area contributed by atoms with Crippen LogP contribution < -0.4 is 0 Å². The number of benzene rings is 2. The minimum absolute atomic E-state index is 0.336. The van der Waals surface area contributed by atoms with E-state index in [1.807, 2.05) is 12.1 Å². The van der Waals surface area contributed by atoms with Gasteiger partial charge in [0.15, 0.2) is 0 Å². The van der Waals surface area contributed by atoms with Crippen molar-refractivity contribution in [1.29, 1.82) is 0 Å². The van der Waals surface area contributed by atoms with E-state index in [1.54, 1.807) is 12.1 Å². The molecular weight excluding hydrogens is 296 g/mol. The third-order valence-electron chi connectivity index (χ3n) is 4.51. The lowest BCUT2D eigenvalue weighted by atomic mass is 9.95. The Hall–Kier alpha value is -2.09. The maximum Gasteiger partial charge on any atom is 0.335 e. The molecule has 0 saturated carbocycles. The molecule has 2 rings (SSSR count). The molecule has 0 aliphatic heterocycles. The van der Waals surface area contributed by atoms with Crippen molar-refractivity contribution in [3.05, 3.63) is 59.7 Å². The topological polar surface area (TPSA) is 37.3 Å². The monoisotopic (exact) mass is 324 g/mol. The van der Waals surface area contributed by atoms with Crippen LogP contribution in [0, 0.1) is 0 Å². The van der Waals surface area contributed by atoms with Crippen molar-refractivity contribution in [2.24, 2.45) is 0 Å². The first kappa shape index (κ1) is 18.3. The summed E-state index contributed by atoms with van der Waals surface area (Å²) in [4.78, 5) is 11.0. The fourth-order valence-electron chi connectivity index (χ4n) is 3.08. The van der Waals surface area contributed by atoms with Crippen molar-refractivity contribution in [1.82, 2.24) is 0 Å². The molecule has 0 bridgehead atoms. The van der Waals surface area contributed by atoms with Crippen LogP contribution in [0.3, 0.4) is 0 Å². The maximum atomic E-state index is 11.0. The van der Waals surface area contributed by atoms with Crippen molar-refractivity contribution in [3.8, 4) is 11.1 Å². The van der Waals surface area contributed by atoms with E-state index in [0.29, 0.717) is 5.56 Å². The molecule has 24 heavy (non-hydrogen) atoms. The van der Waals surface area contributed by atoms with Crippen LogP contribution >= 0.6 is 0 Å². The molecule has 0 fully saturated rings. The maximum absolute atomic E-state index is 11.0. The molecule has 128 valence electrons. The molecule has 2 nitrogen and oxygen atoms in total. The number of hydrogen-bond acceptors (Lipinski definition) is 1. The van der Waals surface area contributed by atoms with Crippen molar-refractivity contribution in [3.63, 3.8) is 0 Å². The van der Waals surface area contributed by atoms with Crippen molar-refractivity contribution < 1.29 is 9.90 Å². The number of unbranched alkanes of at least 4 members (excludes halogenated alkanes) is 6. The zero-order valence-corrected chi connectivity index (χ0v) is 14.6. The summed E-state index contributed by atoms with van der Waals surface area (Å²) < 4.78 is 0. The molecule has 0 heterocycles. The summed E-state index contributed by atoms with van der Waals surface area (Å²) in [5.41, 5.74) is 4.01. The zero-order chi connectivity index (χ0) is 17.2. The van der Waals surface area contributed by atoms with Gasteiger partial charge in [-0.3, -0.25) is 0 Å². The molecule has 0 amide bonds. The number of carboxylic acid groups (broad SMARTS) is 1. The molecule has 0 saturated heterocycles. The molecule has 0 spiro atoms. The summed E-state index contributed by atoms with van der Waals surface area (Å²) in [6, 6.07) is 15.6. The third kappa shape index (κ3) is 5.52. The van der Waals surface area contributed by atoms with E-state index in [-0.39, 0.29) is 0 Å². The Morgan fingerprint density at radius 1 is 0.833 bits per heavy atom. The van der Waals surface area contributed by atoms with Crippen LogP contribution in [0.2, 0.25) is 0 Å². The van der Waals surface area contributed by atoms with Gasteiger partial charge in [-0.1, -0.05) is 81.8 Å². The number of rotatable bonds is 10. The molecule has 0 unspecified atom stereocenters. The van der Waals surface area contributed by atoms with E-state index < -0.39 is 5.97 Å². The number of aromatic carboxylic acids is 1. The average Bonchev–Trinajstić information content (AvgIpc) is 2.61. The standard InChI is InChI=1S/C22H28O2/c1-2-3-4-5-6-7-8-11-18-12-9-10-13-21(18)19-14-16-20(17-15-19)22(23)24/h9-10,12-17H,2-8,11H2,1H3,(H,23,24). The fourth-order valence-corrected chi connectivity index (χ4v) is 3.08. The Bertz CT molecular complexity index is 629. The third-order valence-corrected chi connectivity index (χ3v) is 4.51. The highest BCUT2D eigenvalue weighted by Gasteiger charge is 2.07. The largest absolute Gasteiger partial charge is 0.478 e. The molecule has 2 aromatic carbocycles. The predicted molar refractivity (Wildman–Crippen MR) is 101 cm³/mol. The fraction of sp³-hybridized carbons (Fsp3) is 0.409.